The third-order valence-electron chi connectivity index (χ3n) is 2.39. The van der Waals surface area contributed by atoms with Crippen LogP contribution in [0.3, 0.4) is 0 Å². The van der Waals surface area contributed by atoms with E-state index in [9.17, 15) is 14.9 Å². The molecule has 0 aliphatic rings. The number of amides is 1. The molecule has 6 heteroatoms. The summed E-state index contributed by atoms with van der Waals surface area (Å²) in [6.45, 7) is 2.65. The van der Waals surface area contributed by atoms with Crippen LogP contribution < -0.4 is 11.1 Å². The molecular formula is C11H15N3O3. The fourth-order valence-corrected chi connectivity index (χ4v) is 1.31. The summed E-state index contributed by atoms with van der Waals surface area (Å²) in [6.07, 6.45) is 0. The lowest BCUT2D eigenvalue weighted by molar-refractivity contribution is -0.384. The normalized spacial score (nSPS) is 12.1. The predicted octanol–water partition coefficient (Wildman–Crippen LogP) is 0.806. The Morgan fingerprint density at radius 2 is 2.29 bits per heavy atom. The Balaban J connectivity index is 2.49. The molecule has 92 valence electrons. The van der Waals surface area contributed by atoms with Gasteiger partial charge >= 0.3 is 0 Å². The lowest BCUT2D eigenvalue weighted by atomic mass is 10.1. The largest absolute Gasteiger partial charge is 0.369 e. The van der Waals surface area contributed by atoms with E-state index < -0.39 is 4.92 Å². The lowest BCUT2D eigenvalue weighted by Crippen LogP contribution is -2.30. The van der Waals surface area contributed by atoms with Gasteiger partial charge in [-0.3, -0.25) is 14.9 Å². The molecule has 0 heterocycles. The van der Waals surface area contributed by atoms with Gasteiger partial charge in [0.25, 0.3) is 5.69 Å². The van der Waals surface area contributed by atoms with E-state index in [2.05, 4.69) is 5.32 Å². The number of nitro benzene ring substituents is 1. The fourth-order valence-electron chi connectivity index (χ4n) is 1.31. The Kier molecular flexibility index (Phi) is 4.59. The van der Waals surface area contributed by atoms with Crippen molar-refractivity contribution in [1.82, 2.24) is 5.32 Å². The molecule has 0 saturated heterocycles. The topological polar surface area (TPSA) is 98.3 Å². The van der Waals surface area contributed by atoms with E-state index in [1.54, 1.807) is 19.1 Å². The molecule has 6 nitrogen and oxygen atoms in total. The van der Waals surface area contributed by atoms with Crippen LogP contribution in [0.15, 0.2) is 24.3 Å². The number of benzene rings is 1. The zero-order valence-corrected chi connectivity index (χ0v) is 9.55. The number of carbonyl (C=O) groups is 1. The third-order valence-corrected chi connectivity index (χ3v) is 2.39. The highest BCUT2D eigenvalue weighted by molar-refractivity contribution is 5.76. The van der Waals surface area contributed by atoms with Crippen LogP contribution in [0.2, 0.25) is 0 Å². The zero-order valence-electron chi connectivity index (χ0n) is 9.55. The molecule has 0 aliphatic heterocycles. The Hall–Kier alpha value is -1.95. The molecule has 0 spiro atoms. The van der Waals surface area contributed by atoms with Crippen molar-refractivity contribution < 1.29 is 9.72 Å². The highest BCUT2D eigenvalue weighted by Gasteiger charge is 2.08. The number of rotatable bonds is 6. The lowest BCUT2D eigenvalue weighted by Gasteiger charge is -2.08. The molecule has 1 amide bonds. The number of primary amides is 1. The molecule has 17 heavy (non-hydrogen) atoms. The fraction of sp³-hybridized carbons (Fsp3) is 0.364. The molecule has 3 N–H and O–H groups in total. The van der Waals surface area contributed by atoms with Crippen LogP contribution >= 0.6 is 0 Å². The van der Waals surface area contributed by atoms with Gasteiger partial charge in [0.2, 0.25) is 5.91 Å². The van der Waals surface area contributed by atoms with Gasteiger partial charge in [0.15, 0.2) is 0 Å². The standard InChI is InChI=1S/C11H15N3O3/c1-8(11(12)15)6-13-7-9-3-2-4-10(5-9)14(16)17/h2-5,8,13H,6-7H2,1H3,(H2,12,15). The first-order chi connectivity index (χ1) is 8.00. The average molecular weight is 237 g/mol. The number of hydrogen-bond donors (Lipinski definition) is 2. The van der Waals surface area contributed by atoms with Gasteiger partial charge < -0.3 is 11.1 Å². The number of nitrogens with zero attached hydrogens (tertiary/aromatic N) is 1. The third kappa shape index (κ3) is 4.20. The average Bonchev–Trinajstić information content (AvgIpc) is 2.29. The van der Waals surface area contributed by atoms with Crippen molar-refractivity contribution in [3.63, 3.8) is 0 Å². The number of nitrogens with two attached hydrogens (primary N) is 1. The van der Waals surface area contributed by atoms with Gasteiger partial charge in [0, 0.05) is 31.1 Å². The minimum Gasteiger partial charge on any atom is -0.369 e. The summed E-state index contributed by atoms with van der Waals surface area (Å²) in [4.78, 5) is 20.9. The molecule has 0 bridgehead atoms. The Labute approximate surface area is 99.0 Å². The summed E-state index contributed by atoms with van der Waals surface area (Å²) in [5, 5.41) is 13.6. The molecule has 1 aromatic carbocycles. The maximum Gasteiger partial charge on any atom is 0.269 e. The number of hydrogen-bond acceptors (Lipinski definition) is 4. The van der Waals surface area contributed by atoms with Crippen molar-refractivity contribution in [3.05, 3.63) is 39.9 Å². The Morgan fingerprint density at radius 1 is 1.59 bits per heavy atom. The van der Waals surface area contributed by atoms with Crippen molar-refractivity contribution in [2.45, 2.75) is 13.5 Å². The summed E-state index contributed by atoms with van der Waals surface area (Å²) in [5.41, 5.74) is 5.98. The van der Waals surface area contributed by atoms with Gasteiger partial charge in [-0.1, -0.05) is 19.1 Å². The number of non-ortho nitro benzene ring substituents is 1. The van der Waals surface area contributed by atoms with E-state index >= 15 is 0 Å². The van der Waals surface area contributed by atoms with Crippen molar-refractivity contribution in [2.24, 2.45) is 11.7 Å². The first-order valence-corrected chi connectivity index (χ1v) is 5.24. The van der Waals surface area contributed by atoms with Gasteiger partial charge in [-0.25, -0.2) is 0 Å². The second-order valence-electron chi connectivity index (χ2n) is 3.86. The molecule has 1 atom stereocenters. The van der Waals surface area contributed by atoms with Crippen LogP contribution in [-0.4, -0.2) is 17.4 Å². The predicted molar refractivity (Wildman–Crippen MR) is 63.2 cm³/mol. The summed E-state index contributed by atoms with van der Waals surface area (Å²) < 4.78 is 0. The van der Waals surface area contributed by atoms with Crippen molar-refractivity contribution in [3.8, 4) is 0 Å². The summed E-state index contributed by atoms with van der Waals surface area (Å²) in [6, 6.07) is 6.36. The van der Waals surface area contributed by atoms with Gasteiger partial charge in [-0.2, -0.15) is 0 Å². The second-order valence-corrected chi connectivity index (χ2v) is 3.86. The molecule has 0 aromatic heterocycles. The Morgan fingerprint density at radius 3 is 2.88 bits per heavy atom. The highest BCUT2D eigenvalue weighted by atomic mass is 16.6. The Bertz CT molecular complexity index is 420. The van der Waals surface area contributed by atoms with Crippen LogP contribution in [0.4, 0.5) is 5.69 Å². The summed E-state index contributed by atoms with van der Waals surface area (Å²) in [5.74, 6) is -0.620. The van der Waals surface area contributed by atoms with Crippen molar-refractivity contribution >= 4 is 11.6 Å². The van der Waals surface area contributed by atoms with Crippen LogP contribution in [0, 0.1) is 16.0 Å². The van der Waals surface area contributed by atoms with Gasteiger partial charge in [0.1, 0.15) is 0 Å². The quantitative estimate of drug-likeness (QED) is 0.565. The van der Waals surface area contributed by atoms with Gasteiger partial charge in [0.05, 0.1) is 4.92 Å². The number of nitro groups is 1. The molecule has 0 radical (unpaired) electrons. The van der Waals surface area contributed by atoms with E-state index in [4.69, 9.17) is 5.73 Å². The minimum atomic E-state index is -0.435. The number of carbonyl (C=O) groups excluding carboxylic acids is 1. The van der Waals surface area contributed by atoms with Crippen LogP contribution in [0.1, 0.15) is 12.5 Å². The van der Waals surface area contributed by atoms with E-state index in [1.807, 2.05) is 0 Å². The maximum atomic E-state index is 10.8. The highest BCUT2D eigenvalue weighted by Crippen LogP contribution is 2.12. The van der Waals surface area contributed by atoms with Gasteiger partial charge in [-0.05, 0) is 5.56 Å². The SMILES string of the molecule is CC(CNCc1cccc([N+](=O)[O-])c1)C(N)=O. The van der Waals surface area contributed by atoms with E-state index in [1.165, 1.54) is 12.1 Å². The van der Waals surface area contributed by atoms with E-state index in [0.29, 0.717) is 13.1 Å². The maximum absolute atomic E-state index is 10.8. The molecule has 1 rings (SSSR count). The van der Waals surface area contributed by atoms with E-state index in [-0.39, 0.29) is 17.5 Å². The summed E-state index contributed by atoms with van der Waals surface area (Å²) >= 11 is 0. The number of nitrogens with one attached hydrogen (secondary N) is 1. The van der Waals surface area contributed by atoms with Crippen LogP contribution in [0.5, 0.6) is 0 Å². The minimum absolute atomic E-state index is 0.0623. The molecule has 0 aliphatic carbocycles. The molecular weight excluding hydrogens is 222 g/mol. The van der Waals surface area contributed by atoms with Crippen LogP contribution in [-0.2, 0) is 11.3 Å². The molecule has 1 aromatic rings. The van der Waals surface area contributed by atoms with Gasteiger partial charge in [-0.15, -0.1) is 0 Å². The summed E-state index contributed by atoms with van der Waals surface area (Å²) in [7, 11) is 0. The van der Waals surface area contributed by atoms with E-state index in [0.717, 1.165) is 5.56 Å². The molecule has 0 saturated carbocycles. The molecule has 0 fully saturated rings. The first-order valence-electron chi connectivity index (χ1n) is 5.24. The van der Waals surface area contributed by atoms with Crippen molar-refractivity contribution in [1.29, 1.82) is 0 Å². The second kappa shape index (κ2) is 5.95. The van der Waals surface area contributed by atoms with Crippen molar-refractivity contribution in [2.75, 3.05) is 6.54 Å². The first kappa shape index (κ1) is 13.1. The zero-order chi connectivity index (χ0) is 12.8. The van der Waals surface area contributed by atoms with Crippen LogP contribution in [0.25, 0.3) is 0 Å². The molecule has 1 unspecified atom stereocenters. The monoisotopic (exact) mass is 237 g/mol. The smallest absolute Gasteiger partial charge is 0.269 e.